The van der Waals surface area contributed by atoms with Crippen molar-refractivity contribution in [3.63, 3.8) is 0 Å². The predicted molar refractivity (Wildman–Crippen MR) is 56.4 cm³/mol. The molecule has 0 atom stereocenters. The Morgan fingerprint density at radius 2 is 2.29 bits per heavy atom. The highest BCUT2D eigenvalue weighted by atomic mass is 32.1. The lowest BCUT2D eigenvalue weighted by molar-refractivity contribution is -0.147. The molecule has 0 aliphatic heterocycles. The fourth-order valence-corrected chi connectivity index (χ4v) is 2.48. The topological polar surface area (TPSA) is 26.3 Å². The first-order chi connectivity index (χ1) is 6.84. The molecule has 2 nitrogen and oxygen atoms in total. The van der Waals surface area contributed by atoms with E-state index in [-0.39, 0.29) is 12.1 Å². The Morgan fingerprint density at radius 1 is 1.50 bits per heavy atom. The Labute approximate surface area is 87.9 Å². The Bertz CT molecular complexity index is 286. The molecule has 1 aromatic heterocycles. The molecule has 0 amide bonds. The summed E-state index contributed by atoms with van der Waals surface area (Å²) < 4.78 is 5.35. The first-order valence-electron chi connectivity index (χ1n) is 5.06. The van der Waals surface area contributed by atoms with Gasteiger partial charge in [0.25, 0.3) is 0 Å². The number of rotatable bonds is 3. The quantitative estimate of drug-likeness (QED) is 0.717. The van der Waals surface area contributed by atoms with Crippen LogP contribution in [0.2, 0.25) is 0 Å². The van der Waals surface area contributed by atoms with Gasteiger partial charge in [0.2, 0.25) is 0 Å². The number of ether oxygens (including phenoxy) is 1. The standard InChI is InChI=1S/C11H14O2S/c12-11(8-10-6-3-7-14-10)13-9-4-1-2-5-9/h3,6-7,9H,1-2,4-5,8H2. The molecule has 1 saturated carbocycles. The third kappa shape index (κ3) is 2.58. The van der Waals surface area contributed by atoms with E-state index in [1.54, 1.807) is 11.3 Å². The van der Waals surface area contributed by atoms with Gasteiger partial charge in [0.05, 0.1) is 6.42 Å². The number of hydrogen-bond donors (Lipinski definition) is 0. The summed E-state index contributed by atoms with van der Waals surface area (Å²) >= 11 is 1.61. The summed E-state index contributed by atoms with van der Waals surface area (Å²) in [5.41, 5.74) is 0. The molecule has 0 aromatic carbocycles. The van der Waals surface area contributed by atoms with Crippen molar-refractivity contribution in [1.82, 2.24) is 0 Å². The summed E-state index contributed by atoms with van der Waals surface area (Å²) in [6.45, 7) is 0. The predicted octanol–water partition coefficient (Wildman–Crippen LogP) is 2.78. The molecule has 3 heteroatoms. The lowest BCUT2D eigenvalue weighted by Gasteiger charge is -2.10. The SMILES string of the molecule is O=C(Cc1cccs1)OC1CCCC1. The van der Waals surface area contributed by atoms with E-state index in [0.717, 1.165) is 17.7 Å². The number of hydrogen-bond acceptors (Lipinski definition) is 3. The maximum Gasteiger partial charge on any atom is 0.311 e. The molecule has 1 aromatic rings. The molecule has 0 N–H and O–H groups in total. The molecule has 0 radical (unpaired) electrons. The van der Waals surface area contributed by atoms with Crippen molar-refractivity contribution in [2.45, 2.75) is 38.2 Å². The normalized spacial score (nSPS) is 17.1. The molecule has 76 valence electrons. The van der Waals surface area contributed by atoms with E-state index in [1.807, 2.05) is 17.5 Å². The monoisotopic (exact) mass is 210 g/mol. The van der Waals surface area contributed by atoms with Gasteiger partial charge in [-0.15, -0.1) is 11.3 Å². The molecular weight excluding hydrogens is 196 g/mol. The first-order valence-corrected chi connectivity index (χ1v) is 5.94. The number of carbonyl (C=O) groups excluding carboxylic acids is 1. The second-order valence-electron chi connectivity index (χ2n) is 3.65. The maximum absolute atomic E-state index is 11.5. The maximum atomic E-state index is 11.5. The number of esters is 1. The highest BCUT2D eigenvalue weighted by molar-refractivity contribution is 7.10. The van der Waals surface area contributed by atoms with E-state index in [2.05, 4.69) is 0 Å². The van der Waals surface area contributed by atoms with E-state index >= 15 is 0 Å². The van der Waals surface area contributed by atoms with Crippen LogP contribution in [-0.4, -0.2) is 12.1 Å². The summed E-state index contributed by atoms with van der Waals surface area (Å²) in [6, 6.07) is 3.93. The van der Waals surface area contributed by atoms with Crippen LogP contribution >= 0.6 is 11.3 Å². The van der Waals surface area contributed by atoms with Crippen molar-refractivity contribution in [1.29, 1.82) is 0 Å². The fourth-order valence-electron chi connectivity index (χ4n) is 1.79. The van der Waals surface area contributed by atoms with Crippen molar-refractivity contribution in [3.05, 3.63) is 22.4 Å². The molecule has 1 aliphatic rings. The smallest absolute Gasteiger partial charge is 0.311 e. The van der Waals surface area contributed by atoms with E-state index in [1.165, 1.54) is 12.8 Å². The minimum absolute atomic E-state index is 0.0700. The molecule has 0 bridgehead atoms. The van der Waals surface area contributed by atoms with Gasteiger partial charge in [-0.25, -0.2) is 0 Å². The molecule has 1 heterocycles. The van der Waals surface area contributed by atoms with Crippen molar-refractivity contribution >= 4 is 17.3 Å². The van der Waals surface area contributed by atoms with Gasteiger partial charge >= 0.3 is 5.97 Å². The number of thiophene rings is 1. The zero-order valence-electron chi connectivity index (χ0n) is 8.07. The van der Waals surface area contributed by atoms with Crippen LogP contribution < -0.4 is 0 Å². The molecule has 14 heavy (non-hydrogen) atoms. The molecule has 1 aliphatic carbocycles. The van der Waals surface area contributed by atoms with Crippen LogP contribution in [0.5, 0.6) is 0 Å². The summed E-state index contributed by atoms with van der Waals surface area (Å²) in [7, 11) is 0. The van der Waals surface area contributed by atoms with Gasteiger partial charge in [0.15, 0.2) is 0 Å². The average molecular weight is 210 g/mol. The third-order valence-electron chi connectivity index (χ3n) is 2.50. The molecule has 0 spiro atoms. The second-order valence-corrected chi connectivity index (χ2v) is 4.68. The molecule has 1 fully saturated rings. The Morgan fingerprint density at radius 3 is 2.93 bits per heavy atom. The fraction of sp³-hybridized carbons (Fsp3) is 0.545. The van der Waals surface area contributed by atoms with E-state index in [4.69, 9.17) is 4.74 Å². The lowest BCUT2D eigenvalue weighted by atomic mass is 10.3. The van der Waals surface area contributed by atoms with Crippen LogP contribution in [0.15, 0.2) is 17.5 Å². The molecule has 0 unspecified atom stereocenters. The van der Waals surface area contributed by atoms with E-state index in [0.29, 0.717) is 6.42 Å². The Hall–Kier alpha value is -0.830. The zero-order valence-corrected chi connectivity index (χ0v) is 8.89. The number of carbonyl (C=O) groups is 1. The average Bonchev–Trinajstić information content (AvgIpc) is 2.76. The zero-order chi connectivity index (χ0) is 9.80. The van der Waals surface area contributed by atoms with Gasteiger partial charge in [-0.05, 0) is 37.1 Å². The van der Waals surface area contributed by atoms with Gasteiger partial charge in [-0.3, -0.25) is 4.79 Å². The summed E-state index contributed by atoms with van der Waals surface area (Å²) in [5.74, 6) is -0.0700. The second kappa shape index (κ2) is 4.60. The highest BCUT2D eigenvalue weighted by Gasteiger charge is 2.19. The van der Waals surface area contributed by atoms with Crippen molar-refractivity contribution in [3.8, 4) is 0 Å². The van der Waals surface area contributed by atoms with Crippen LogP contribution in [0.4, 0.5) is 0 Å². The van der Waals surface area contributed by atoms with Gasteiger partial charge in [0.1, 0.15) is 6.10 Å². The van der Waals surface area contributed by atoms with Gasteiger partial charge in [-0.1, -0.05) is 6.07 Å². The molecular formula is C11H14O2S. The van der Waals surface area contributed by atoms with Crippen molar-refractivity contribution in [2.75, 3.05) is 0 Å². The lowest BCUT2D eigenvalue weighted by Crippen LogP contribution is -2.15. The minimum atomic E-state index is -0.0700. The van der Waals surface area contributed by atoms with Crippen LogP contribution in [-0.2, 0) is 16.0 Å². The van der Waals surface area contributed by atoms with Gasteiger partial charge < -0.3 is 4.74 Å². The largest absolute Gasteiger partial charge is 0.462 e. The van der Waals surface area contributed by atoms with Crippen LogP contribution in [0, 0.1) is 0 Å². The Kier molecular flexibility index (Phi) is 3.19. The van der Waals surface area contributed by atoms with Crippen molar-refractivity contribution < 1.29 is 9.53 Å². The van der Waals surface area contributed by atoms with Gasteiger partial charge in [0, 0.05) is 4.88 Å². The summed E-state index contributed by atoms with van der Waals surface area (Å²) in [5, 5.41) is 1.98. The van der Waals surface area contributed by atoms with E-state index < -0.39 is 0 Å². The third-order valence-corrected chi connectivity index (χ3v) is 3.38. The van der Waals surface area contributed by atoms with Crippen LogP contribution in [0.25, 0.3) is 0 Å². The summed E-state index contributed by atoms with van der Waals surface area (Å²) in [4.78, 5) is 12.5. The van der Waals surface area contributed by atoms with Crippen LogP contribution in [0.1, 0.15) is 30.6 Å². The minimum Gasteiger partial charge on any atom is -0.462 e. The van der Waals surface area contributed by atoms with Crippen molar-refractivity contribution in [2.24, 2.45) is 0 Å². The highest BCUT2D eigenvalue weighted by Crippen LogP contribution is 2.21. The molecule has 2 rings (SSSR count). The van der Waals surface area contributed by atoms with Gasteiger partial charge in [-0.2, -0.15) is 0 Å². The Balaban J connectivity index is 1.78. The molecule has 0 saturated heterocycles. The first kappa shape index (κ1) is 9.71. The summed E-state index contributed by atoms with van der Waals surface area (Å²) in [6.07, 6.45) is 5.15. The van der Waals surface area contributed by atoms with Crippen LogP contribution in [0.3, 0.4) is 0 Å². The van der Waals surface area contributed by atoms with E-state index in [9.17, 15) is 4.79 Å².